The summed E-state index contributed by atoms with van der Waals surface area (Å²) in [4.78, 5) is 0. The molecule has 0 aromatic heterocycles. The van der Waals surface area contributed by atoms with Crippen molar-refractivity contribution >= 4 is 11.6 Å². The molecule has 0 radical (unpaired) electrons. The average molecular weight is 297 g/mol. The third-order valence-corrected chi connectivity index (χ3v) is 5.02. The highest BCUT2D eigenvalue weighted by Gasteiger charge is 2.43. The van der Waals surface area contributed by atoms with Crippen LogP contribution < -0.4 is 0 Å². The SMILES string of the molecule is COC1(C(O)Cc2cccc(Cl)c2)CCC(C)(C)CC1. The number of hydrogen-bond acceptors (Lipinski definition) is 2. The Morgan fingerprint density at radius 2 is 1.90 bits per heavy atom. The summed E-state index contributed by atoms with van der Waals surface area (Å²) in [5, 5.41) is 11.4. The monoisotopic (exact) mass is 296 g/mol. The van der Waals surface area contributed by atoms with Crippen molar-refractivity contribution in [3.05, 3.63) is 34.9 Å². The van der Waals surface area contributed by atoms with E-state index < -0.39 is 11.7 Å². The van der Waals surface area contributed by atoms with Gasteiger partial charge in [-0.2, -0.15) is 0 Å². The number of benzene rings is 1. The molecule has 1 unspecified atom stereocenters. The first-order valence-electron chi connectivity index (χ1n) is 7.35. The van der Waals surface area contributed by atoms with Crippen LogP contribution in [0.25, 0.3) is 0 Å². The quantitative estimate of drug-likeness (QED) is 0.901. The maximum absolute atomic E-state index is 10.7. The van der Waals surface area contributed by atoms with Crippen molar-refractivity contribution in [1.29, 1.82) is 0 Å². The molecule has 0 saturated heterocycles. The molecule has 0 aliphatic heterocycles. The highest BCUT2D eigenvalue weighted by Crippen LogP contribution is 2.43. The maximum Gasteiger partial charge on any atom is 0.0940 e. The minimum atomic E-state index is -0.484. The summed E-state index contributed by atoms with van der Waals surface area (Å²) in [5.74, 6) is 0. The molecule has 112 valence electrons. The van der Waals surface area contributed by atoms with Crippen LogP contribution in [0.4, 0.5) is 0 Å². The molecule has 0 heterocycles. The number of aliphatic hydroxyl groups excluding tert-OH is 1. The maximum atomic E-state index is 10.7. The first kappa shape index (κ1) is 15.8. The molecule has 1 aliphatic rings. The fraction of sp³-hybridized carbons (Fsp3) is 0.647. The molecule has 1 aromatic carbocycles. The van der Waals surface area contributed by atoms with Crippen molar-refractivity contribution in [3.63, 3.8) is 0 Å². The molecule has 0 spiro atoms. The average Bonchev–Trinajstić information content (AvgIpc) is 2.39. The van der Waals surface area contributed by atoms with Crippen LogP contribution in [0.1, 0.15) is 45.1 Å². The summed E-state index contributed by atoms with van der Waals surface area (Å²) < 4.78 is 5.75. The van der Waals surface area contributed by atoms with Crippen LogP contribution in [-0.4, -0.2) is 23.9 Å². The molecule has 2 rings (SSSR count). The lowest BCUT2D eigenvalue weighted by molar-refractivity contribution is -0.135. The van der Waals surface area contributed by atoms with Crippen molar-refractivity contribution in [3.8, 4) is 0 Å². The summed E-state index contributed by atoms with van der Waals surface area (Å²) in [5.41, 5.74) is 1.02. The van der Waals surface area contributed by atoms with Gasteiger partial charge in [0.2, 0.25) is 0 Å². The zero-order valence-corrected chi connectivity index (χ0v) is 13.4. The Kier molecular flexibility index (Phi) is 4.78. The van der Waals surface area contributed by atoms with Gasteiger partial charge in [0, 0.05) is 18.6 Å². The Morgan fingerprint density at radius 1 is 1.25 bits per heavy atom. The number of methoxy groups -OCH3 is 1. The molecule has 1 atom stereocenters. The van der Waals surface area contributed by atoms with E-state index in [0.717, 1.165) is 31.2 Å². The minimum Gasteiger partial charge on any atom is -0.390 e. The van der Waals surface area contributed by atoms with Crippen LogP contribution in [-0.2, 0) is 11.2 Å². The summed E-state index contributed by atoms with van der Waals surface area (Å²) in [6, 6.07) is 7.70. The van der Waals surface area contributed by atoms with E-state index in [1.54, 1.807) is 7.11 Å². The van der Waals surface area contributed by atoms with Gasteiger partial charge in [-0.1, -0.05) is 37.6 Å². The molecule has 0 bridgehead atoms. The Balaban J connectivity index is 2.08. The van der Waals surface area contributed by atoms with Crippen LogP contribution in [0.5, 0.6) is 0 Å². The molecule has 1 N–H and O–H groups in total. The van der Waals surface area contributed by atoms with Crippen molar-refractivity contribution in [2.24, 2.45) is 5.41 Å². The third kappa shape index (κ3) is 3.55. The van der Waals surface area contributed by atoms with Crippen LogP contribution >= 0.6 is 11.6 Å². The molecular formula is C17H25ClO2. The standard InChI is InChI=1S/C17H25ClO2/c1-16(2)7-9-17(20-3,10-8-16)15(19)12-13-5-4-6-14(18)11-13/h4-6,11,15,19H,7-10,12H2,1-3H3. The van der Waals surface area contributed by atoms with E-state index in [1.165, 1.54) is 0 Å². The zero-order chi connectivity index (χ0) is 14.8. The molecular weight excluding hydrogens is 272 g/mol. The van der Waals surface area contributed by atoms with Crippen molar-refractivity contribution in [2.45, 2.75) is 57.7 Å². The number of rotatable bonds is 4. The first-order chi connectivity index (χ1) is 9.37. The van der Waals surface area contributed by atoms with Crippen LogP contribution in [0.15, 0.2) is 24.3 Å². The molecule has 20 heavy (non-hydrogen) atoms. The molecule has 1 aromatic rings. The number of ether oxygens (including phenoxy) is 1. The fourth-order valence-electron chi connectivity index (χ4n) is 3.10. The van der Waals surface area contributed by atoms with Crippen LogP contribution in [0.3, 0.4) is 0 Å². The van der Waals surface area contributed by atoms with Gasteiger partial charge in [0.05, 0.1) is 11.7 Å². The molecule has 2 nitrogen and oxygen atoms in total. The van der Waals surface area contributed by atoms with E-state index in [2.05, 4.69) is 13.8 Å². The highest BCUT2D eigenvalue weighted by molar-refractivity contribution is 6.30. The van der Waals surface area contributed by atoms with E-state index in [4.69, 9.17) is 16.3 Å². The second-order valence-corrected chi connectivity index (χ2v) is 7.22. The molecule has 1 saturated carbocycles. The Hall–Kier alpha value is -0.570. The zero-order valence-electron chi connectivity index (χ0n) is 12.7. The lowest BCUT2D eigenvalue weighted by Gasteiger charge is -2.45. The molecule has 3 heteroatoms. The number of aliphatic hydroxyl groups is 1. The minimum absolute atomic E-state index is 0.359. The van der Waals surface area contributed by atoms with Gasteiger partial charge in [0.1, 0.15) is 0 Å². The lowest BCUT2D eigenvalue weighted by atomic mass is 9.68. The van der Waals surface area contributed by atoms with Gasteiger partial charge < -0.3 is 9.84 Å². The number of hydrogen-bond donors (Lipinski definition) is 1. The van der Waals surface area contributed by atoms with Gasteiger partial charge in [-0.05, 0) is 48.8 Å². The van der Waals surface area contributed by atoms with E-state index in [-0.39, 0.29) is 0 Å². The summed E-state index contributed by atoms with van der Waals surface area (Å²) in [6.45, 7) is 4.58. The van der Waals surface area contributed by atoms with E-state index in [0.29, 0.717) is 16.9 Å². The van der Waals surface area contributed by atoms with Gasteiger partial charge in [0.15, 0.2) is 0 Å². The molecule has 1 fully saturated rings. The summed E-state index contributed by atoms with van der Waals surface area (Å²) >= 11 is 6.01. The first-order valence-corrected chi connectivity index (χ1v) is 7.72. The second-order valence-electron chi connectivity index (χ2n) is 6.78. The highest BCUT2D eigenvalue weighted by atomic mass is 35.5. The van der Waals surface area contributed by atoms with Gasteiger partial charge in [-0.25, -0.2) is 0 Å². The Morgan fingerprint density at radius 3 is 2.45 bits per heavy atom. The second kappa shape index (κ2) is 6.05. The Labute approximate surface area is 127 Å². The van der Waals surface area contributed by atoms with Crippen molar-refractivity contribution in [1.82, 2.24) is 0 Å². The van der Waals surface area contributed by atoms with E-state index in [9.17, 15) is 5.11 Å². The van der Waals surface area contributed by atoms with Gasteiger partial charge in [0.25, 0.3) is 0 Å². The van der Waals surface area contributed by atoms with E-state index >= 15 is 0 Å². The van der Waals surface area contributed by atoms with Crippen LogP contribution in [0.2, 0.25) is 5.02 Å². The lowest BCUT2D eigenvalue weighted by Crippen LogP contribution is -2.49. The van der Waals surface area contributed by atoms with E-state index in [1.807, 2.05) is 24.3 Å². The molecule has 0 amide bonds. The number of halogens is 1. The molecule has 1 aliphatic carbocycles. The predicted molar refractivity (Wildman–Crippen MR) is 83.2 cm³/mol. The predicted octanol–water partition coefficient (Wildman–Crippen LogP) is 4.23. The fourth-order valence-corrected chi connectivity index (χ4v) is 3.31. The van der Waals surface area contributed by atoms with Gasteiger partial charge in [-0.3, -0.25) is 0 Å². The largest absolute Gasteiger partial charge is 0.390 e. The van der Waals surface area contributed by atoms with Crippen molar-refractivity contribution < 1.29 is 9.84 Å². The van der Waals surface area contributed by atoms with Crippen molar-refractivity contribution in [2.75, 3.05) is 7.11 Å². The summed E-state index contributed by atoms with van der Waals surface area (Å²) in [6.07, 6.45) is 4.12. The smallest absolute Gasteiger partial charge is 0.0940 e. The Bertz CT molecular complexity index is 446. The topological polar surface area (TPSA) is 29.5 Å². The summed E-state index contributed by atoms with van der Waals surface area (Å²) in [7, 11) is 1.72. The normalized spacial score (nSPS) is 22.4. The third-order valence-electron chi connectivity index (χ3n) is 4.78. The van der Waals surface area contributed by atoms with Gasteiger partial charge >= 0.3 is 0 Å². The van der Waals surface area contributed by atoms with Crippen LogP contribution in [0, 0.1) is 5.41 Å². The van der Waals surface area contributed by atoms with Gasteiger partial charge in [-0.15, -0.1) is 0 Å².